The molecule has 0 radical (unpaired) electrons. The molecule has 1 unspecified atom stereocenters. The van der Waals surface area contributed by atoms with Crippen LogP contribution in [0.3, 0.4) is 0 Å². The molecule has 0 saturated carbocycles. The van der Waals surface area contributed by atoms with E-state index in [1.807, 2.05) is 11.0 Å². The van der Waals surface area contributed by atoms with Gasteiger partial charge in [-0.2, -0.15) is 5.10 Å². The lowest BCUT2D eigenvalue weighted by Crippen LogP contribution is -2.10. The quantitative estimate of drug-likeness (QED) is 0.374. The van der Waals surface area contributed by atoms with Gasteiger partial charge in [-0.15, -0.1) is 0 Å². The first-order valence-electron chi connectivity index (χ1n) is 10.3. The summed E-state index contributed by atoms with van der Waals surface area (Å²) >= 11 is 0. The second kappa shape index (κ2) is 12.7. The Hall–Kier alpha value is -1.64. The molecule has 25 heavy (non-hydrogen) atoms. The van der Waals surface area contributed by atoms with Gasteiger partial charge in [0.2, 0.25) is 0 Å². The first-order chi connectivity index (χ1) is 12.4. The van der Waals surface area contributed by atoms with Crippen molar-refractivity contribution in [2.75, 3.05) is 0 Å². The van der Waals surface area contributed by atoms with E-state index in [1.54, 1.807) is 6.33 Å². The fourth-order valence-electron chi connectivity index (χ4n) is 3.52. The van der Waals surface area contributed by atoms with Crippen molar-refractivity contribution in [1.29, 1.82) is 0 Å². The van der Waals surface area contributed by atoms with Crippen molar-refractivity contribution in [3.8, 4) is 0 Å². The molecule has 0 aliphatic carbocycles. The lowest BCUT2D eigenvalue weighted by atomic mass is 9.93. The van der Waals surface area contributed by atoms with Gasteiger partial charge in [0.05, 0.1) is 0 Å². The maximum Gasteiger partial charge on any atom is 0.137 e. The van der Waals surface area contributed by atoms with E-state index in [2.05, 4.69) is 47.3 Å². The van der Waals surface area contributed by atoms with E-state index < -0.39 is 0 Å². The second-order valence-electron chi connectivity index (χ2n) is 7.20. The van der Waals surface area contributed by atoms with Gasteiger partial charge in [0, 0.05) is 12.5 Å². The molecule has 0 amide bonds. The molecule has 138 valence electrons. The van der Waals surface area contributed by atoms with E-state index in [1.165, 1.54) is 76.2 Å². The fraction of sp³-hybridized carbons (Fsp3) is 0.636. The van der Waals surface area contributed by atoms with Crippen molar-refractivity contribution in [2.45, 2.75) is 90.0 Å². The molecule has 0 N–H and O–H groups in total. The van der Waals surface area contributed by atoms with Crippen molar-refractivity contribution < 1.29 is 0 Å². The Balaban J connectivity index is 1.63. The summed E-state index contributed by atoms with van der Waals surface area (Å²) in [5.74, 6) is 0.539. The average Bonchev–Trinajstić information content (AvgIpc) is 3.16. The van der Waals surface area contributed by atoms with Gasteiger partial charge in [-0.05, 0) is 12.0 Å². The Morgan fingerprint density at radius 3 is 2.08 bits per heavy atom. The lowest BCUT2D eigenvalue weighted by molar-refractivity contribution is 0.460. The van der Waals surface area contributed by atoms with Crippen LogP contribution < -0.4 is 0 Å². The van der Waals surface area contributed by atoms with Gasteiger partial charge in [0.15, 0.2) is 0 Å². The van der Waals surface area contributed by atoms with Gasteiger partial charge < -0.3 is 0 Å². The van der Waals surface area contributed by atoms with Gasteiger partial charge in [-0.3, -0.25) is 4.68 Å². The van der Waals surface area contributed by atoms with Crippen LogP contribution in [0.4, 0.5) is 0 Å². The van der Waals surface area contributed by atoms with E-state index in [0.29, 0.717) is 5.92 Å². The van der Waals surface area contributed by atoms with Crippen LogP contribution >= 0.6 is 0 Å². The summed E-state index contributed by atoms with van der Waals surface area (Å²) in [6.07, 6.45) is 18.6. The maximum atomic E-state index is 4.29. The van der Waals surface area contributed by atoms with Gasteiger partial charge in [-0.1, -0.05) is 101 Å². The summed E-state index contributed by atoms with van der Waals surface area (Å²) in [5, 5.41) is 4.29. The van der Waals surface area contributed by atoms with E-state index in [0.717, 1.165) is 6.54 Å². The summed E-state index contributed by atoms with van der Waals surface area (Å²) in [6, 6.07) is 10.9. The Morgan fingerprint density at radius 1 is 0.840 bits per heavy atom. The van der Waals surface area contributed by atoms with Crippen LogP contribution in [0.15, 0.2) is 43.0 Å². The molecule has 0 bridgehead atoms. The number of hydrogen-bond donors (Lipinski definition) is 0. The third-order valence-electron chi connectivity index (χ3n) is 5.05. The highest BCUT2D eigenvalue weighted by atomic mass is 15.3. The molecule has 1 aromatic carbocycles. The highest BCUT2D eigenvalue weighted by Crippen LogP contribution is 2.24. The molecule has 0 aliphatic rings. The zero-order chi connectivity index (χ0) is 17.6. The number of rotatable bonds is 14. The van der Waals surface area contributed by atoms with E-state index in [4.69, 9.17) is 0 Å². The van der Waals surface area contributed by atoms with Crippen molar-refractivity contribution in [1.82, 2.24) is 14.8 Å². The monoisotopic (exact) mass is 341 g/mol. The molecule has 2 aromatic rings. The van der Waals surface area contributed by atoms with Crippen molar-refractivity contribution in [3.05, 3.63) is 48.5 Å². The smallest absolute Gasteiger partial charge is 0.137 e. The Bertz CT molecular complexity index is 521. The highest BCUT2D eigenvalue weighted by molar-refractivity contribution is 5.19. The Kier molecular flexibility index (Phi) is 9.99. The van der Waals surface area contributed by atoms with Gasteiger partial charge in [-0.25, -0.2) is 4.98 Å². The van der Waals surface area contributed by atoms with Crippen LogP contribution in [-0.4, -0.2) is 14.8 Å². The van der Waals surface area contributed by atoms with Crippen LogP contribution in [0, 0.1) is 0 Å². The number of hydrogen-bond acceptors (Lipinski definition) is 2. The molecular formula is C22H35N3. The summed E-state index contributed by atoms with van der Waals surface area (Å²) in [7, 11) is 0. The van der Waals surface area contributed by atoms with E-state index >= 15 is 0 Å². The average molecular weight is 342 g/mol. The summed E-state index contributed by atoms with van der Waals surface area (Å²) in [4.78, 5) is 4.08. The molecule has 1 aromatic heterocycles. The molecule has 0 spiro atoms. The highest BCUT2D eigenvalue weighted by Gasteiger charge is 2.12. The lowest BCUT2D eigenvalue weighted by Gasteiger charge is -2.17. The molecular weight excluding hydrogens is 306 g/mol. The second-order valence-corrected chi connectivity index (χ2v) is 7.20. The van der Waals surface area contributed by atoms with Gasteiger partial charge in [0.1, 0.15) is 12.7 Å². The summed E-state index contributed by atoms with van der Waals surface area (Å²) < 4.78 is 1.97. The maximum absolute atomic E-state index is 4.29. The van der Waals surface area contributed by atoms with Crippen molar-refractivity contribution in [3.63, 3.8) is 0 Å². The van der Waals surface area contributed by atoms with Gasteiger partial charge in [0.25, 0.3) is 0 Å². The first-order valence-corrected chi connectivity index (χ1v) is 10.3. The first kappa shape index (κ1) is 19.7. The molecule has 1 heterocycles. The van der Waals surface area contributed by atoms with E-state index in [9.17, 15) is 0 Å². The SMILES string of the molecule is CCCCCCCCCCCCC(Cn1cncn1)c1ccccc1. The molecule has 3 nitrogen and oxygen atoms in total. The Labute approximate surface area is 153 Å². The predicted octanol–water partition coefficient (Wildman–Crippen LogP) is 6.37. The standard InChI is InChI=1S/C22H35N3/c1-2-3-4-5-6-7-8-9-10-12-17-22(18-25-20-23-19-24-25)21-15-13-11-14-16-21/h11,13-16,19-20,22H,2-10,12,17-18H2,1H3. The predicted molar refractivity (Wildman–Crippen MR) is 106 cm³/mol. The number of aromatic nitrogens is 3. The summed E-state index contributed by atoms with van der Waals surface area (Å²) in [5.41, 5.74) is 1.42. The van der Waals surface area contributed by atoms with Crippen LogP contribution in [0.25, 0.3) is 0 Å². The molecule has 0 aliphatic heterocycles. The normalized spacial score (nSPS) is 12.4. The van der Waals surface area contributed by atoms with Crippen molar-refractivity contribution >= 4 is 0 Å². The zero-order valence-electron chi connectivity index (χ0n) is 15.9. The largest absolute Gasteiger partial charge is 0.252 e. The van der Waals surface area contributed by atoms with Crippen LogP contribution in [0.1, 0.15) is 89.0 Å². The van der Waals surface area contributed by atoms with Crippen LogP contribution in [-0.2, 0) is 6.54 Å². The van der Waals surface area contributed by atoms with Crippen molar-refractivity contribution in [2.24, 2.45) is 0 Å². The van der Waals surface area contributed by atoms with Crippen LogP contribution in [0.2, 0.25) is 0 Å². The Morgan fingerprint density at radius 2 is 1.48 bits per heavy atom. The number of nitrogens with zero attached hydrogens (tertiary/aromatic N) is 3. The zero-order valence-corrected chi connectivity index (χ0v) is 15.9. The number of unbranched alkanes of at least 4 members (excludes halogenated alkanes) is 9. The third-order valence-corrected chi connectivity index (χ3v) is 5.05. The summed E-state index contributed by atoms with van der Waals surface area (Å²) in [6.45, 7) is 3.22. The van der Waals surface area contributed by atoms with E-state index in [-0.39, 0.29) is 0 Å². The minimum absolute atomic E-state index is 0.539. The fourth-order valence-corrected chi connectivity index (χ4v) is 3.52. The number of benzene rings is 1. The minimum atomic E-state index is 0.539. The molecule has 2 rings (SSSR count). The topological polar surface area (TPSA) is 30.7 Å². The molecule has 1 atom stereocenters. The van der Waals surface area contributed by atoms with Gasteiger partial charge >= 0.3 is 0 Å². The molecule has 3 heteroatoms. The third kappa shape index (κ3) is 8.33. The molecule has 0 fully saturated rings. The molecule has 0 saturated heterocycles. The van der Waals surface area contributed by atoms with Crippen LogP contribution in [0.5, 0.6) is 0 Å². The minimum Gasteiger partial charge on any atom is -0.252 e.